The Bertz CT molecular complexity index is 465. The van der Waals surface area contributed by atoms with Gasteiger partial charge in [-0.1, -0.05) is 0 Å². The molecule has 0 radical (unpaired) electrons. The summed E-state index contributed by atoms with van der Waals surface area (Å²) in [6.07, 6.45) is 8.90. The van der Waals surface area contributed by atoms with Gasteiger partial charge in [0, 0.05) is 6.54 Å². The van der Waals surface area contributed by atoms with E-state index in [-0.39, 0.29) is 0 Å². The lowest BCUT2D eigenvalue weighted by molar-refractivity contribution is -0.0381. The van der Waals surface area contributed by atoms with Crippen molar-refractivity contribution in [1.29, 1.82) is 0 Å². The average Bonchev–Trinajstić information content (AvgIpc) is 2.70. The molecule has 0 aromatic carbocycles. The first-order valence-corrected chi connectivity index (χ1v) is 8.25. The lowest BCUT2D eigenvalue weighted by Crippen LogP contribution is -2.45. The highest BCUT2D eigenvalue weighted by molar-refractivity contribution is 5.56. The van der Waals surface area contributed by atoms with Crippen LogP contribution in [-0.2, 0) is 0 Å². The van der Waals surface area contributed by atoms with Gasteiger partial charge in [0.15, 0.2) is 5.82 Å². The van der Waals surface area contributed by atoms with Crippen molar-refractivity contribution in [3.63, 3.8) is 0 Å². The Kier molecular flexibility index (Phi) is 2.93. The van der Waals surface area contributed by atoms with Gasteiger partial charge in [-0.3, -0.25) is 0 Å². The fourth-order valence-corrected chi connectivity index (χ4v) is 5.51. The third-order valence-corrected chi connectivity index (χ3v) is 6.04. The molecule has 0 saturated heterocycles. The van der Waals surface area contributed by atoms with Crippen LogP contribution in [0.3, 0.4) is 0 Å². The molecule has 110 valence electrons. The summed E-state index contributed by atoms with van der Waals surface area (Å²) in [6.45, 7) is 2.96. The highest BCUT2D eigenvalue weighted by Crippen LogP contribution is 2.57. The molecule has 4 aliphatic rings. The lowest BCUT2D eigenvalue weighted by atomic mass is 9.51. The Morgan fingerprint density at radius 3 is 2.35 bits per heavy atom. The minimum atomic E-state index is 0.674. The zero-order valence-corrected chi connectivity index (χ0v) is 12.4. The average molecular weight is 274 g/mol. The number of rotatable bonds is 4. The van der Waals surface area contributed by atoms with Crippen molar-refractivity contribution in [3.8, 4) is 0 Å². The quantitative estimate of drug-likeness (QED) is 0.790. The maximum atomic E-state index is 5.90. The molecule has 4 fully saturated rings. The third kappa shape index (κ3) is 2.09. The summed E-state index contributed by atoms with van der Waals surface area (Å²) in [4.78, 5) is 7.44. The van der Waals surface area contributed by atoms with E-state index in [9.17, 15) is 0 Å². The number of nitrogens with two attached hydrogens (primary N) is 1. The Morgan fingerprint density at radius 2 is 1.80 bits per heavy atom. The second-order valence-corrected chi connectivity index (χ2v) is 7.39. The molecule has 5 rings (SSSR count). The standard InChI is InChI=1S/C16H26N4/c1-9-19-15(17)16(20-9)18-3-2-14-12-5-10-4-11(7-12)8-13(14)6-10/h10-14,18H,2-8,17H2,1H3,(H,19,20). The van der Waals surface area contributed by atoms with Crippen LogP contribution in [0.1, 0.15) is 44.3 Å². The highest BCUT2D eigenvalue weighted by Gasteiger charge is 2.47. The van der Waals surface area contributed by atoms with Gasteiger partial charge in [-0.15, -0.1) is 0 Å². The number of nitrogens with one attached hydrogen (secondary N) is 2. The topological polar surface area (TPSA) is 66.7 Å². The van der Waals surface area contributed by atoms with Crippen LogP contribution < -0.4 is 11.1 Å². The van der Waals surface area contributed by atoms with Crippen LogP contribution in [0, 0.1) is 36.5 Å². The monoisotopic (exact) mass is 274 g/mol. The van der Waals surface area contributed by atoms with Gasteiger partial charge < -0.3 is 16.0 Å². The Morgan fingerprint density at radius 1 is 1.15 bits per heavy atom. The Labute approximate surface area is 120 Å². The SMILES string of the molecule is Cc1nc(NCCC2C3CC4CC(C3)CC2C4)c(N)[nH]1. The third-order valence-electron chi connectivity index (χ3n) is 6.04. The molecule has 4 heteroatoms. The first-order valence-electron chi connectivity index (χ1n) is 8.25. The summed E-state index contributed by atoms with van der Waals surface area (Å²) >= 11 is 0. The van der Waals surface area contributed by atoms with E-state index in [1.165, 1.54) is 32.1 Å². The molecule has 0 aliphatic heterocycles. The van der Waals surface area contributed by atoms with Crippen LogP contribution in [0.4, 0.5) is 11.6 Å². The molecule has 20 heavy (non-hydrogen) atoms. The molecular weight excluding hydrogens is 248 g/mol. The number of H-pyrrole nitrogens is 1. The number of nitrogen functional groups attached to an aromatic ring is 1. The van der Waals surface area contributed by atoms with Crippen molar-refractivity contribution in [2.45, 2.75) is 45.4 Å². The minimum absolute atomic E-state index is 0.674. The van der Waals surface area contributed by atoms with Crippen molar-refractivity contribution in [2.75, 3.05) is 17.6 Å². The maximum Gasteiger partial charge on any atom is 0.168 e. The van der Waals surface area contributed by atoms with Gasteiger partial charge >= 0.3 is 0 Å². The smallest absolute Gasteiger partial charge is 0.168 e. The largest absolute Gasteiger partial charge is 0.382 e. The van der Waals surface area contributed by atoms with E-state index in [1.54, 1.807) is 6.42 Å². The number of aryl methyl sites for hydroxylation is 1. The molecular formula is C16H26N4. The zero-order chi connectivity index (χ0) is 13.7. The highest BCUT2D eigenvalue weighted by atomic mass is 15.1. The molecule has 4 bridgehead atoms. The van der Waals surface area contributed by atoms with Crippen LogP contribution in [-0.4, -0.2) is 16.5 Å². The van der Waals surface area contributed by atoms with Gasteiger partial charge in [-0.05, 0) is 75.0 Å². The van der Waals surface area contributed by atoms with Crippen LogP contribution in [0.25, 0.3) is 0 Å². The van der Waals surface area contributed by atoms with Crippen molar-refractivity contribution in [1.82, 2.24) is 9.97 Å². The molecule has 4 N–H and O–H groups in total. The van der Waals surface area contributed by atoms with Crippen molar-refractivity contribution < 1.29 is 0 Å². The van der Waals surface area contributed by atoms with Crippen LogP contribution in [0.15, 0.2) is 0 Å². The molecule has 4 saturated carbocycles. The number of nitrogens with zero attached hydrogens (tertiary/aromatic N) is 1. The van der Waals surface area contributed by atoms with E-state index in [2.05, 4.69) is 15.3 Å². The molecule has 0 atom stereocenters. The predicted molar refractivity (Wildman–Crippen MR) is 81.4 cm³/mol. The van der Waals surface area contributed by atoms with E-state index in [0.717, 1.165) is 47.8 Å². The summed E-state index contributed by atoms with van der Waals surface area (Å²) in [7, 11) is 0. The summed E-state index contributed by atoms with van der Waals surface area (Å²) < 4.78 is 0. The number of hydrogen-bond acceptors (Lipinski definition) is 3. The fourth-order valence-electron chi connectivity index (χ4n) is 5.51. The number of anilines is 2. The molecule has 0 spiro atoms. The first-order chi connectivity index (χ1) is 9.69. The first kappa shape index (κ1) is 12.5. The maximum absolute atomic E-state index is 5.90. The van der Waals surface area contributed by atoms with E-state index in [0.29, 0.717) is 5.82 Å². The van der Waals surface area contributed by atoms with Gasteiger partial charge in [0.25, 0.3) is 0 Å². The van der Waals surface area contributed by atoms with Crippen molar-refractivity contribution >= 4 is 11.6 Å². The normalized spacial score (nSPS) is 38.4. The van der Waals surface area contributed by atoms with E-state index < -0.39 is 0 Å². The summed E-state index contributed by atoms with van der Waals surface area (Å²) in [5.74, 6) is 7.55. The molecule has 1 aromatic rings. The Hall–Kier alpha value is -1.19. The number of imidazole rings is 1. The molecule has 1 aromatic heterocycles. The van der Waals surface area contributed by atoms with E-state index in [1.807, 2.05) is 6.92 Å². The second kappa shape index (κ2) is 4.68. The van der Waals surface area contributed by atoms with Gasteiger partial charge in [0.1, 0.15) is 11.6 Å². The van der Waals surface area contributed by atoms with Gasteiger partial charge in [-0.2, -0.15) is 0 Å². The zero-order valence-electron chi connectivity index (χ0n) is 12.4. The van der Waals surface area contributed by atoms with Crippen molar-refractivity contribution in [3.05, 3.63) is 5.82 Å². The number of aromatic nitrogens is 2. The van der Waals surface area contributed by atoms with Crippen molar-refractivity contribution in [2.24, 2.45) is 29.6 Å². The lowest BCUT2D eigenvalue weighted by Gasteiger charge is -2.54. The van der Waals surface area contributed by atoms with Crippen LogP contribution >= 0.6 is 0 Å². The fraction of sp³-hybridized carbons (Fsp3) is 0.812. The van der Waals surface area contributed by atoms with E-state index in [4.69, 9.17) is 5.73 Å². The van der Waals surface area contributed by atoms with Gasteiger partial charge in [0.2, 0.25) is 0 Å². The Balaban J connectivity index is 1.35. The molecule has 0 unspecified atom stereocenters. The van der Waals surface area contributed by atoms with Crippen LogP contribution in [0.2, 0.25) is 0 Å². The van der Waals surface area contributed by atoms with Gasteiger partial charge in [0.05, 0.1) is 0 Å². The van der Waals surface area contributed by atoms with Gasteiger partial charge in [-0.25, -0.2) is 4.98 Å². The minimum Gasteiger partial charge on any atom is -0.382 e. The van der Waals surface area contributed by atoms with E-state index >= 15 is 0 Å². The number of aromatic amines is 1. The molecule has 4 aliphatic carbocycles. The summed E-state index contributed by atoms with van der Waals surface area (Å²) in [5, 5.41) is 3.43. The van der Waals surface area contributed by atoms with Crippen LogP contribution in [0.5, 0.6) is 0 Å². The second-order valence-electron chi connectivity index (χ2n) is 7.39. The summed E-state index contributed by atoms with van der Waals surface area (Å²) in [5.41, 5.74) is 5.90. The molecule has 1 heterocycles. The molecule has 4 nitrogen and oxygen atoms in total. The predicted octanol–water partition coefficient (Wildman–Crippen LogP) is 3.17. The summed E-state index contributed by atoms with van der Waals surface area (Å²) in [6, 6.07) is 0. The molecule has 0 amide bonds. The number of hydrogen-bond donors (Lipinski definition) is 3.